The molecule has 1 aromatic rings. The number of nitrogens with zero attached hydrogens (tertiary/aromatic N) is 1. The molecule has 1 amide bonds. The third kappa shape index (κ3) is 5.18. The number of methoxy groups -OCH3 is 1. The predicted molar refractivity (Wildman–Crippen MR) is 114 cm³/mol. The van der Waals surface area contributed by atoms with E-state index in [2.05, 4.69) is 0 Å². The topological polar surface area (TPSA) is 76.1 Å². The van der Waals surface area contributed by atoms with E-state index in [1.807, 2.05) is 19.2 Å². The van der Waals surface area contributed by atoms with Gasteiger partial charge in [-0.05, 0) is 49.1 Å². The second kappa shape index (κ2) is 10.0. The molecule has 6 nitrogen and oxygen atoms in total. The summed E-state index contributed by atoms with van der Waals surface area (Å²) in [6.07, 6.45) is 3.92. The van der Waals surface area contributed by atoms with Crippen molar-refractivity contribution in [2.75, 3.05) is 25.7 Å². The molecule has 9 heteroatoms. The first kappa shape index (κ1) is 21.6. The van der Waals surface area contributed by atoms with Crippen molar-refractivity contribution in [1.82, 2.24) is 4.90 Å². The van der Waals surface area contributed by atoms with Crippen LogP contribution in [0.4, 0.5) is 0 Å². The summed E-state index contributed by atoms with van der Waals surface area (Å²) in [5.74, 6) is 0.372. The Kier molecular flexibility index (Phi) is 8.00. The maximum Gasteiger partial charge on any atom is 0.326 e. The number of hydrogen-bond donors (Lipinski definition) is 1. The second-order valence-corrected chi connectivity index (χ2v) is 8.19. The van der Waals surface area contributed by atoms with Gasteiger partial charge in [-0.2, -0.15) is 11.8 Å². The number of carboxylic acids is 1. The zero-order valence-electron chi connectivity index (χ0n) is 15.3. The van der Waals surface area contributed by atoms with E-state index in [1.165, 1.54) is 16.7 Å². The van der Waals surface area contributed by atoms with E-state index in [4.69, 9.17) is 21.7 Å². The minimum atomic E-state index is -1.05. The molecule has 1 heterocycles. The van der Waals surface area contributed by atoms with Crippen LogP contribution in [-0.2, 0) is 9.59 Å². The number of benzene rings is 1. The Hall–Kier alpha value is -1.71. The molecule has 1 saturated heterocycles. The Labute approximate surface area is 172 Å². The van der Waals surface area contributed by atoms with Gasteiger partial charge in [0.15, 0.2) is 11.5 Å². The van der Waals surface area contributed by atoms with Gasteiger partial charge in [-0.25, -0.2) is 4.79 Å². The molecule has 1 aliphatic heterocycles. The summed E-state index contributed by atoms with van der Waals surface area (Å²) in [7, 11) is 1.55. The average molecular weight is 428 g/mol. The van der Waals surface area contributed by atoms with Gasteiger partial charge in [-0.1, -0.05) is 30.0 Å². The maximum absolute atomic E-state index is 12.8. The molecule has 1 aromatic carbocycles. The lowest BCUT2D eigenvalue weighted by Gasteiger charge is -2.22. The van der Waals surface area contributed by atoms with Crippen LogP contribution in [0.15, 0.2) is 23.1 Å². The zero-order valence-corrected chi connectivity index (χ0v) is 17.7. The number of carboxylic acid groups (broad SMARTS) is 1. The van der Waals surface area contributed by atoms with Gasteiger partial charge in [0.25, 0.3) is 5.91 Å². The van der Waals surface area contributed by atoms with Gasteiger partial charge in [0.1, 0.15) is 10.4 Å². The molecule has 0 radical (unpaired) electrons. The van der Waals surface area contributed by atoms with Gasteiger partial charge < -0.3 is 14.6 Å². The van der Waals surface area contributed by atoms with Crippen LogP contribution in [0.5, 0.6) is 11.5 Å². The number of thioether (sulfide) groups is 2. The fourth-order valence-corrected chi connectivity index (χ4v) is 4.36. The Morgan fingerprint density at radius 2 is 2.19 bits per heavy atom. The van der Waals surface area contributed by atoms with Crippen molar-refractivity contribution in [3.8, 4) is 11.5 Å². The lowest BCUT2D eigenvalue weighted by Crippen LogP contribution is -2.44. The highest BCUT2D eigenvalue weighted by molar-refractivity contribution is 8.26. The molecule has 27 heavy (non-hydrogen) atoms. The smallest absolute Gasteiger partial charge is 0.326 e. The lowest BCUT2D eigenvalue weighted by molar-refractivity contribution is -0.145. The monoisotopic (exact) mass is 427 g/mol. The molecule has 1 atom stereocenters. The summed E-state index contributed by atoms with van der Waals surface area (Å²) in [6.45, 7) is 2.40. The molecule has 1 N–H and O–H groups in total. The molecule has 0 aliphatic carbocycles. The van der Waals surface area contributed by atoms with Crippen LogP contribution in [0.3, 0.4) is 0 Å². The van der Waals surface area contributed by atoms with Crippen LogP contribution in [0.1, 0.15) is 18.9 Å². The minimum absolute atomic E-state index is 0.262. The van der Waals surface area contributed by atoms with Crippen molar-refractivity contribution in [2.24, 2.45) is 0 Å². The highest BCUT2D eigenvalue weighted by atomic mass is 32.2. The van der Waals surface area contributed by atoms with Gasteiger partial charge in [-0.3, -0.25) is 9.69 Å². The summed E-state index contributed by atoms with van der Waals surface area (Å²) in [4.78, 5) is 26.0. The van der Waals surface area contributed by atoms with Crippen molar-refractivity contribution >= 4 is 58.0 Å². The van der Waals surface area contributed by atoms with Crippen LogP contribution in [-0.4, -0.2) is 58.0 Å². The van der Waals surface area contributed by atoms with E-state index in [0.717, 1.165) is 17.3 Å². The van der Waals surface area contributed by atoms with Gasteiger partial charge in [0.2, 0.25) is 0 Å². The minimum Gasteiger partial charge on any atom is -0.493 e. The van der Waals surface area contributed by atoms with Crippen molar-refractivity contribution in [2.45, 2.75) is 19.4 Å². The van der Waals surface area contributed by atoms with E-state index in [0.29, 0.717) is 35.2 Å². The summed E-state index contributed by atoms with van der Waals surface area (Å²) in [6, 6.07) is 4.39. The first-order valence-electron chi connectivity index (χ1n) is 8.22. The maximum atomic E-state index is 12.8. The van der Waals surface area contributed by atoms with Gasteiger partial charge >= 0.3 is 5.97 Å². The summed E-state index contributed by atoms with van der Waals surface area (Å²) in [5, 5.41) is 9.50. The molecule has 0 saturated carbocycles. The Balaban J connectivity index is 2.28. The molecule has 2 rings (SSSR count). The second-order valence-electron chi connectivity index (χ2n) is 5.53. The van der Waals surface area contributed by atoms with E-state index >= 15 is 0 Å². The highest BCUT2D eigenvalue weighted by Gasteiger charge is 2.40. The number of amides is 1. The normalized spacial score (nSPS) is 16.7. The predicted octanol–water partition coefficient (Wildman–Crippen LogP) is 3.50. The zero-order chi connectivity index (χ0) is 20.0. The lowest BCUT2D eigenvalue weighted by atomic mass is 10.1. The van der Waals surface area contributed by atoms with Crippen molar-refractivity contribution in [1.29, 1.82) is 0 Å². The molecule has 1 fully saturated rings. The van der Waals surface area contributed by atoms with Crippen LogP contribution >= 0.6 is 35.7 Å². The van der Waals surface area contributed by atoms with Crippen molar-refractivity contribution < 1.29 is 24.2 Å². The number of carbonyl (C=O) groups is 2. The molecule has 0 spiro atoms. The van der Waals surface area contributed by atoms with Crippen LogP contribution in [0.25, 0.3) is 6.08 Å². The molecular formula is C18H21NO5S3. The summed E-state index contributed by atoms with van der Waals surface area (Å²) < 4.78 is 11.1. The molecule has 1 aliphatic rings. The van der Waals surface area contributed by atoms with Crippen LogP contribution < -0.4 is 9.47 Å². The van der Waals surface area contributed by atoms with Crippen LogP contribution in [0.2, 0.25) is 0 Å². The number of carbonyl (C=O) groups excluding carboxylic acids is 1. The fourth-order valence-electron chi connectivity index (χ4n) is 2.54. The third-order valence-electron chi connectivity index (χ3n) is 3.80. The quantitative estimate of drug-likeness (QED) is 0.474. The SMILES string of the molecule is CCOc1ccc(/C=C2\SC(=S)N(C(CCSC)C(=O)O)C2=O)cc1OC. The Morgan fingerprint density at radius 1 is 1.44 bits per heavy atom. The van der Waals surface area contributed by atoms with E-state index < -0.39 is 12.0 Å². The Morgan fingerprint density at radius 3 is 2.78 bits per heavy atom. The Bertz CT molecular complexity index is 765. The fraction of sp³-hybridized carbons (Fsp3) is 0.389. The number of aliphatic carboxylic acids is 1. The van der Waals surface area contributed by atoms with Gasteiger partial charge in [0, 0.05) is 0 Å². The van der Waals surface area contributed by atoms with Crippen molar-refractivity contribution in [3.63, 3.8) is 0 Å². The van der Waals surface area contributed by atoms with E-state index in [-0.39, 0.29) is 10.2 Å². The molecule has 0 aromatic heterocycles. The standard InChI is InChI=1S/C18H21NO5S3/c1-4-24-13-6-5-11(9-14(13)23-2)10-15-16(20)19(18(25)27-15)12(17(21)22)7-8-26-3/h5-6,9-10,12H,4,7-8H2,1-3H3,(H,21,22)/b15-10-. The molecule has 0 bridgehead atoms. The third-order valence-corrected chi connectivity index (χ3v) is 5.78. The van der Waals surface area contributed by atoms with Crippen LogP contribution in [0, 0.1) is 0 Å². The summed E-state index contributed by atoms with van der Waals surface area (Å²) >= 11 is 7.91. The van der Waals surface area contributed by atoms with E-state index in [9.17, 15) is 14.7 Å². The molecule has 146 valence electrons. The van der Waals surface area contributed by atoms with E-state index in [1.54, 1.807) is 25.3 Å². The van der Waals surface area contributed by atoms with Gasteiger partial charge in [-0.15, -0.1) is 0 Å². The largest absolute Gasteiger partial charge is 0.493 e. The first-order chi connectivity index (χ1) is 12.9. The van der Waals surface area contributed by atoms with Gasteiger partial charge in [0.05, 0.1) is 18.6 Å². The molecular weight excluding hydrogens is 406 g/mol. The molecule has 1 unspecified atom stereocenters. The van der Waals surface area contributed by atoms with Crippen molar-refractivity contribution in [3.05, 3.63) is 28.7 Å². The highest BCUT2D eigenvalue weighted by Crippen LogP contribution is 2.36. The number of hydrogen-bond acceptors (Lipinski definition) is 7. The number of rotatable bonds is 9. The number of ether oxygens (including phenoxy) is 2. The average Bonchev–Trinajstić information content (AvgIpc) is 2.91. The first-order valence-corrected chi connectivity index (χ1v) is 10.8. The number of thiocarbonyl (C=S) groups is 1. The summed E-state index contributed by atoms with van der Waals surface area (Å²) in [5.41, 5.74) is 0.742.